The van der Waals surface area contributed by atoms with E-state index in [4.69, 9.17) is 9.47 Å². The van der Waals surface area contributed by atoms with Gasteiger partial charge >= 0.3 is 0 Å². The summed E-state index contributed by atoms with van der Waals surface area (Å²) in [4.78, 5) is 0. The number of benzene rings is 2. The third-order valence-electron chi connectivity index (χ3n) is 5.57. The van der Waals surface area contributed by atoms with Gasteiger partial charge in [-0.3, -0.25) is 0 Å². The fourth-order valence-corrected chi connectivity index (χ4v) is 3.92. The molecule has 0 saturated carbocycles. The molecule has 0 aromatic heterocycles. The van der Waals surface area contributed by atoms with Crippen molar-refractivity contribution in [1.82, 2.24) is 0 Å². The number of halogens is 3. The van der Waals surface area contributed by atoms with Crippen molar-refractivity contribution in [2.45, 2.75) is 52.1 Å². The number of ether oxygens (including phenoxy) is 2. The molecule has 0 N–H and O–H groups in total. The highest BCUT2D eigenvalue weighted by Crippen LogP contribution is 2.36. The normalized spacial score (nSPS) is 19.5. The van der Waals surface area contributed by atoms with Crippen molar-refractivity contribution >= 4 is 0 Å². The first-order chi connectivity index (χ1) is 14.0. The van der Waals surface area contributed by atoms with Gasteiger partial charge in [0.05, 0.1) is 12.7 Å². The lowest BCUT2D eigenvalue weighted by atomic mass is 9.91. The van der Waals surface area contributed by atoms with Gasteiger partial charge in [0, 0.05) is 29.9 Å². The predicted octanol–water partition coefficient (Wildman–Crippen LogP) is 6.62. The van der Waals surface area contributed by atoms with Gasteiger partial charge in [-0.2, -0.15) is 0 Å². The van der Waals surface area contributed by atoms with Gasteiger partial charge in [-0.25, -0.2) is 13.2 Å². The van der Waals surface area contributed by atoms with Crippen LogP contribution in [0.25, 0.3) is 11.1 Å². The monoisotopic (exact) mass is 406 g/mol. The minimum Gasteiger partial charge on any atom is -0.382 e. The van der Waals surface area contributed by atoms with E-state index in [9.17, 15) is 13.2 Å². The summed E-state index contributed by atoms with van der Waals surface area (Å²) in [5, 5.41) is 0. The molecule has 2 atom stereocenters. The zero-order chi connectivity index (χ0) is 20.8. The van der Waals surface area contributed by atoms with Crippen LogP contribution in [0.5, 0.6) is 0 Å². The fourth-order valence-electron chi connectivity index (χ4n) is 3.92. The molecule has 5 heteroatoms. The minimum atomic E-state index is -1.02. The first-order valence-corrected chi connectivity index (χ1v) is 10.5. The molecule has 1 aliphatic heterocycles. The van der Waals surface area contributed by atoms with Crippen molar-refractivity contribution in [3.63, 3.8) is 0 Å². The Bertz CT molecular complexity index is 814. The molecular weight excluding hydrogens is 377 g/mol. The third-order valence-corrected chi connectivity index (χ3v) is 5.57. The van der Waals surface area contributed by atoms with E-state index >= 15 is 0 Å². The maximum Gasteiger partial charge on any atom is 0.167 e. The first-order valence-electron chi connectivity index (χ1n) is 10.5. The fraction of sp³-hybridized carbons (Fsp3) is 0.500. The molecular formula is C24H29F3O2. The van der Waals surface area contributed by atoms with Crippen molar-refractivity contribution in [3.05, 3.63) is 58.9 Å². The SMILES string of the molecule is CCCc1ccc(-c2ccc(C3CCC(CCOCC)CO3)c(F)c2F)c(F)c1. The molecule has 29 heavy (non-hydrogen) atoms. The van der Waals surface area contributed by atoms with Crippen LogP contribution in [0, 0.1) is 23.4 Å². The highest BCUT2D eigenvalue weighted by atomic mass is 19.2. The van der Waals surface area contributed by atoms with E-state index in [0.29, 0.717) is 32.2 Å². The summed E-state index contributed by atoms with van der Waals surface area (Å²) in [5.74, 6) is -2.13. The molecule has 2 aromatic carbocycles. The van der Waals surface area contributed by atoms with Crippen molar-refractivity contribution in [1.29, 1.82) is 0 Å². The Morgan fingerprint density at radius 1 is 1.00 bits per heavy atom. The van der Waals surface area contributed by atoms with Gasteiger partial charge in [-0.1, -0.05) is 37.6 Å². The average molecular weight is 406 g/mol. The summed E-state index contributed by atoms with van der Waals surface area (Å²) in [6.45, 7) is 5.85. The smallest absolute Gasteiger partial charge is 0.167 e. The highest BCUT2D eigenvalue weighted by molar-refractivity contribution is 5.66. The van der Waals surface area contributed by atoms with Crippen LogP contribution < -0.4 is 0 Å². The Morgan fingerprint density at radius 2 is 1.79 bits per heavy atom. The zero-order valence-corrected chi connectivity index (χ0v) is 17.1. The van der Waals surface area contributed by atoms with Gasteiger partial charge in [0.15, 0.2) is 11.6 Å². The maximum atomic E-state index is 14.8. The second kappa shape index (κ2) is 10.3. The van der Waals surface area contributed by atoms with Gasteiger partial charge in [0.25, 0.3) is 0 Å². The molecule has 158 valence electrons. The molecule has 1 heterocycles. The first kappa shape index (κ1) is 21.8. The topological polar surface area (TPSA) is 18.5 Å². The van der Waals surface area contributed by atoms with E-state index in [1.807, 2.05) is 13.8 Å². The number of hydrogen-bond donors (Lipinski definition) is 0. The van der Waals surface area contributed by atoms with E-state index < -0.39 is 23.6 Å². The number of hydrogen-bond acceptors (Lipinski definition) is 2. The van der Waals surface area contributed by atoms with Crippen molar-refractivity contribution < 1.29 is 22.6 Å². The van der Waals surface area contributed by atoms with E-state index in [0.717, 1.165) is 31.2 Å². The van der Waals surface area contributed by atoms with E-state index in [1.54, 1.807) is 6.07 Å². The van der Waals surface area contributed by atoms with Crippen LogP contribution in [0.4, 0.5) is 13.2 Å². The second-order valence-corrected chi connectivity index (χ2v) is 7.65. The molecule has 1 saturated heterocycles. The minimum absolute atomic E-state index is 0.0581. The molecule has 1 fully saturated rings. The van der Waals surface area contributed by atoms with Crippen LogP contribution in [0.15, 0.2) is 30.3 Å². The third kappa shape index (κ3) is 5.20. The molecule has 2 nitrogen and oxygen atoms in total. The molecule has 0 radical (unpaired) electrons. The van der Waals surface area contributed by atoms with Gasteiger partial charge in [0.1, 0.15) is 5.82 Å². The molecule has 0 amide bonds. The van der Waals surface area contributed by atoms with E-state index in [2.05, 4.69) is 0 Å². The summed E-state index contributed by atoms with van der Waals surface area (Å²) in [7, 11) is 0. The molecule has 0 spiro atoms. The lowest BCUT2D eigenvalue weighted by Gasteiger charge is -2.29. The van der Waals surface area contributed by atoms with Crippen LogP contribution in [0.1, 0.15) is 56.8 Å². The van der Waals surface area contributed by atoms with Crippen LogP contribution in [0.2, 0.25) is 0 Å². The summed E-state index contributed by atoms with van der Waals surface area (Å²) in [6, 6.07) is 7.67. The van der Waals surface area contributed by atoms with Crippen molar-refractivity contribution in [2.75, 3.05) is 19.8 Å². The molecule has 1 aliphatic rings. The molecule has 0 aliphatic carbocycles. The molecule has 2 unspecified atom stereocenters. The highest BCUT2D eigenvalue weighted by Gasteiger charge is 2.27. The van der Waals surface area contributed by atoms with Crippen LogP contribution in [-0.2, 0) is 15.9 Å². The molecule has 3 rings (SSSR count). The van der Waals surface area contributed by atoms with Crippen LogP contribution in [-0.4, -0.2) is 19.8 Å². The maximum absolute atomic E-state index is 14.8. The number of aryl methyl sites for hydroxylation is 1. The lowest BCUT2D eigenvalue weighted by Crippen LogP contribution is -2.22. The Labute approximate surface area is 171 Å². The number of rotatable bonds is 8. The summed E-state index contributed by atoms with van der Waals surface area (Å²) >= 11 is 0. The standard InChI is InChI=1S/C24H29F3O2/c1-3-5-16-6-8-18(21(25)14-16)19-9-10-20(24(27)23(19)26)22-11-7-17(15-29-22)12-13-28-4-2/h6,8-10,14,17,22H,3-5,7,11-13,15H2,1-2H3. The van der Waals surface area contributed by atoms with Gasteiger partial charge in [-0.15, -0.1) is 0 Å². The Morgan fingerprint density at radius 3 is 2.45 bits per heavy atom. The van der Waals surface area contributed by atoms with Gasteiger partial charge in [-0.05, 0) is 50.2 Å². The zero-order valence-electron chi connectivity index (χ0n) is 17.1. The van der Waals surface area contributed by atoms with Crippen molar-refractivity contribution in [3.8, 4) is 11.1 Å². The summed E-state index contributed by atoms with van der Waals surface area (Å²) < 4.78 is 55.3. The Kier molecular flexibility index (Phi) is 7.73. The second-order valence-electron chi connectivity index (χ2n) is 7.65. The Balaban J connectivity index is 1.74. The average Bonchev–Trinajstić information content (AvgIpc) is 2.72. The summed E-state index contributed by atoms with van der Waals surface area (Å²) in [6.07, 6.45) is 3.59. The largest absolute Gasteiger partial charge is 0.382 e. The summed E-state index contributed by atoms with van der Waals surface area (Å²) in [5.41, 5.74) is 1.07. The van der Waals surface area contributed by atoms with Crippen LogP contribution in [0.3, 0.4) is 0 Å². The Hall–Kier alpha value is -1.85. The van der Waals surface area contributed by atoms with Crippen molar-refractivity contribution in [2.24, 2.45) is 5.92 Å². The van der Waals surface area contributed by atoms with Gasteiger partial charge in [0.2, 0.25) is 0 Å². The predicted molar refractivity (Wildman–Crippen MR) is 108 cm³/mol. The molecule has 0 bridgehead atoms. The van der Waals surface area contributed by atoms with E-state index in [-0.39, 0.29) is 16.7 Å². The quantitative estimate of drug-likeness (QED) is 0.459. The molecule has 2 aromatic rings. The van der Waals surface area contributed by atoms with Crippen LogP contribution >= 0.6 is 0 Å². The van der Waals surface area contributed by atoms with E-state index in [1.165, 1.54) is 24.3 Å². The van der Waals surface area contributed by atoms with Gasteiger partial charge < -0.3 is 9.47 Å². The lowest BCUT2D eigenvalue weighted by molar-refractivity contribution is -0.0278.